The van der Waals surface area contributed by atoms with Gasteiger partial charge in [-0.05, 0) is 66.7 Å². The van der Waals surface area contributed by atoms with Crippen molar-refractivity contribution in [2.45, 2.75) is 17.0 Å². The number of amides is 2. The second kappa shape index (κ2) is 8.79. The van der Waals surface area contributed by atoms with Crippen LogP contribution < -0.4 is 9.91 Å². The van der Waals surface area contributed by atoms with E-state index >= 15 is 0 Å². The number of para-hydroxylation sites is 1. The number of carbonyl (C=O) groups excluding carboxylic acids is 2. The second-order valence-corrected chi connectivity index (χ2v) is 10.4. The minimum atomic E-state index is -0.675. The minimum absolute atomic E-state index is 0.194. The highest BCUT2D eigenvalue weighted by atomic mass is 35.5. The molecule has 3 atom stereocenters. The highest BCUT2D eigenvalue weighted by Gasteiger charge is 2.62. The summed E-state index contributed by atoms with van der Waals surface area (Å²) in [5.41, 5.74) is 1.38. The molecule has 2 amide bonds. The minimum Gasteiger partial charge on any atom is -0.273 e. The van der Waals surface area contributed by atoms with Gasteiger partial charge in [-0.1, -0.05) is 65.3 Å². The van der Waals surface area contributed by atoms with E-state index in [-0.39, 0.29) is 17.9 Å². The van der Waals surface area contributed by atoms with Crippen molar-refractivity contribution in [1.29, 1.82) is 0 Å². The van der Waals surface area contributed by atoms with Crippen LogP contribution in [-0.2, 0) is 9.59 Å². The van der Waals surface area contributed by atoms with Gasteiger partial charge in [-0.15, -0.1) is 0 Å². The van der Waals surface area contributed by atoms with Gasteiger partial charge >= 0.3 is 0 Å². The van der Waals surface area contributed by atoms with Crippen molar-refractivity contribution in [2.75, 3.05) is 9.91 Å². The molecule has 174 valence electrons. The smallest absolute Gasteiger partial charge is 0.259 e. The lowest BCUT2D eigenvalue weighted by Crippen LogP contribution is -2.49. The number of thioether (sulfide) groups is 1. The van der Waals surface area contributed by atoms with E-state index in [0.29, 0.717) is 15.7 Å². The van der Waals surface area contributed by atoms with E-state index in [4.69, 9.17) is 23.2 Å². The van der Waals surface area contributed by atoms with E-state index < -0.39 is 12.0 Å². The van der Waals surface area contributed by atoms with Crippen molar-refractivity contribution < 1.29 is 9.59 Å². The van der Waals surface area contributed by atoms with Gasteiger partial charge in [0.1, 0.15) is 6.04 Å². The molecule has 2 saturated heterocycles. The van der Waals surface area contributed by atoms with Crippen LogP contribution in [0.25, 0.3) is 0 Å². The molecule has 0 spiro atoms. The quantitative estimate of drug-likeness (QED) is 0.386. The van der Waals surface area contributed by atoms with Crippen molar-refractivity contribution in [3.05, 3.63) is 112 Å². The molecule has 3 aliphatic rings. The summed E-state index contributed by atoms with van der Waals surface area (Å²) in [6, 6.07) is 23.1. The first-order valence-corrected chi connectivity index (χ1v) is 12.7. The molecule has 3 aromatic rings. The lowest BCUT2D eigenvalue weighted by Gasteiger charge is -2.39. The Morgan fingerprint density at radius 3 is 2.06 bits per heavy atom. The van der Waals surface area contributed by atoms with Crippen LogP contribution in [0.15, 0.2) is 107 Å². The first-order valence-electron chi connectivity index (χ1n) is 11.1. The van der Waals surface area contributed by atoms with Gasteiger partial charge in [0.05, 0.1) is 28.4 Å². The zero-order valence-electron chi connectivity index (χ0n) is 18.3. The molecule has 0 N–H and O–H groups in total. The maximum Gasteiger partial charge on any atom is 0.259 e. The van der Waals surface area contributed by atoms with Gasteiger partial charge in [-0.25, -0.2) is 4.90 Å². The van der Waals surface area contributed by atoms with Crippen LogP contribution in [0, 0.1) is 5.92 Å². The largest absolute Gasteiger partial charge is 0.273 e. The summed E-state index contributed by atoms with van der Waals surface area (Å²) in [6.07, 6.45) is 5.97. The first kappa shape index (κ1) is 22.3. The summed E-state index contributed by atoms with van der Waals surface area (Å²) in [6.45, 7) is 0. The van der Waals surface area contributed by atoms with Gasteiger partial charge in [0, 0.05) is 14.9 Å². The van der Waals surface area contributed by atoms with Crippen LogP contribution in [0.5, 0.6) is 0 Å². The van der Waals surface area contributed by atoms with Crippen molar-refractivity contribution in [3.63, 3.8) is 0 Å². The predicted molar refractivity (Wildman–Crippen MR) is 140 cm³/mol. The molecule has 0 saturated carbocycles. The molecular weight excluding hydrogens is 501 g/mol. The molecule has 0 radical (unpaired) electrons. The lowest BCUT2D eigenvalue weighted by atomic mass is 9.94. The number of allylic oxidation sites excluding steroid dienone is 2. The van der Waals surface area contributed by atoms with Crippen molar-refractivity contribution in [2.24, 2.45) is 5.92 Å². The van der Waals surface area contributed by atoms with Gasteiger partial charge < -0.3 is 0 Å². The SMILES string of the molecule is O=C1[C@H]2[C@@H](C(=O)N1c1ccccc1)N(c1ccc(Cl)cc1)N1C(Sc3ccc(Cl)cc3)=CC=C[C@@H]21. The third-order valence-electron chi connectivity index (χ3n) is 6.38. The molecule has 3 aromatic carbocycles. The summed E-state index contributed by atoms with van der Waals surface area (Å²) in [5, 5.41) is 6.20. The number of hydrogen-bond donors (Lipinski definition) is 0. The fourth-order valence-corrected chi connectivity index (χ4v) is 6.11. The Morgan fingerprint density at radius 1 is 0.714 bits per heavy atom. The van der Waals surface area contributed by atoms with E-state index in [2.05, 4.69) is 5.01 Å². The van der Waals surface area contributed by atoms with Gasteiger partial charge in [0.15, 0.2) is 0 Å². The summed E-state index contributed by atoms with van der Waals surface area (Å²) in [5.74, 6) is -0.982. The number of benzene rings is 3. The maximum absolute atomic E-state index is 13.8. The third-order valence-corrected chi connectivity index (χ3v) is 7.92. The maximum atomic E-state index is 13.8. The average Bonchev–Trinajstić information content (AvgIpc) is 3.35. The summed E-state index contributed by atoms with van der Waals surface area (Å²) < 4.78 is 0. The zero-order chi connectivity index (χ0) is 24.1. The Bertz CT molecular complexity index is 1360. The predicted octanol–water partition coefficient (Wildman–Crippen LogP) is 6.16. The average molecular weight is 520 g/mol. The summed E-state index contributed by atoms with van der Waals surface area (Å²) in [4.78, 5) is 29.9. The molecular formula is C27H19Cl2N3O2S. The van der Waals surface area contributed by atoms with Gasteiger partial charge in [-0.3, -0.25) is 19.6 Å². The fraction of sp³-hybridized carbons (Fsp3) is 0.111. The zero-order valence-corrected chi connectivity index (χ0v) is 20.6. The Labute approximate surface area is 217 Å². The number of halogens is 2. The standard InChI is InChI=1S/C27H19Cl2N3O2S/c28-17-9-13-20(14-10-17)31-25-24(26(33)30(27(25)34)19-5-2-1-3-6-19)22-7-4-8-23(32(22)31)35-21-15-11-18(29)12-16-21/h1-16,22,24-25H/t22-,24+,25-/m0/s1. The van der Waals surface area contributed by atoms with E-state index in [1.54, 1.807) is 36.0 Å². The highest BCUT2D eigenvalue weighted by molar-refractivity contribution is 8.03. The van der Waals surface area contributed by atoms with Crippen LogP contribution in [0.4, 0.5) is 11.4 Å². The lowest BCUT2D eigenvalue weighted by molar-refractivity contribution is -0.123. The fourth-order valence-electron chi connectivity index (χ4n) is 4.89. The monoisotopic (exact) mass is 519 g/mol. The normalized spacial score (nSPS) is 23.0. The molecule has 0 bridgehead atoms. The number of fused-ring (bicyclic) bond motifs is 3. The second-order valence-electron chi connectivity index (χ2n) is 8.42. The molecule has 3 aliphatic heterocycles. The molecule has 6 rings (SSSR count). The van der Waals surface area contributed by atoms with Crippen LogP contribution in [0.2, 0.25) is 10.0 Å². The molecule has 5 nitrogen and oxygen atoms in total. The molecule has 3 heterocycles. The van der Waals surface area contributed by atoms with E-state index in [9.17, 15) is 9.59 Å². The number of nitrogens with zero attached hydrogens (tertiary/aromatic N) is 3. The first-order chi connectivity index (χ1) is 17.0. The number of hydrazine groups is 1. The van der Waals surface area contributed by atoms with E-state index in [0.717, 1.165) is 15.6 Å². The molecule has 0 aromatic heterocycles. The topological polar surface area (TPSA) is 43.9 Å². The number of rotatable bonds is 4. The van der Waals surface area contributed by atoms with Crippen LogP contribution in [0.1, 0.15) is 0 Å². The third kappa shape index (κ3) is 3.73. The molecule has 8 heteroatoms. The van der Waals surface area contributed by atoms with Crippen molar-refractivity contribution >= 4 is 58.2 Å². The van der Waals surface area contributed by atoms with Crippen LogP contribution >= 0.6 is 35.0 Å². The Morgan fingerprint density at radius 2 is 1.37 bits per heavy atom. The van der Waals surface area contributed by atoms with Crippen molar-refractivity contribution in [1.82, 2.24) is 5.01 Å². The number of anilines is 2. The van der Waals surface area contributed by atoms with Gasteiger partial charge in [0.25, 0.3) is 5.91 Å². The number of imide groups is 1. The number of carbonyl (C=O) groups is 2. The highest BCUT2D eigenvalue weighted by Crippen LogP contribution is 2.48. The molecule has 2 fully saturated rings. The van der Waals surface area contributed by atoms with Gasteiger partial charge in [0.2, 0.25) is 5.91 Å². The van der Waals surface area contributed by atoms with Crippen LogP contribution in [-0.4, -0.2) is 28.9 Å². The van der Waals surface area contributed by atoms with Gasteiger partial charge in [-0.2, -0.15) is 0 Å². The molecule has 0 unspecified atom stereocenters. The van der Waals surface area contributed by atoms with Crippen molar-refractivity contribution in [3.8, 4) is 0 Å². The van der Waals surface area contributed by atoms with E-state index in [1.807, 2.05) is 77.8 Å². The summed E-state index contributed by atoms with van der Waals surface area (Å²) in [7, 11) is 0. The number of hydrogen-bond acceptors (Lipinski definition) is 5. The Kier molecular flexibility index (Phi) is 5.60. The molecule has 0 aliphatic carbocycles. The Hall–Kier alpha value is -3.19. The van der Waals surface area contributed by atoms with Crippen LogP contribution in [0.3, 0.4) is 0 Å². The Balaban J connectivity index is 1.44. The van der Waals surface area contributed by atoms with E-state index in [1.165, 1.54) is 4.90 Å². The summed E-state index contributed by atoms with van der Waals surface area (Å²) >= 11 is 13.8. The molecule has 35 heavy (non-hydrogen) atoms.